The van der Waals surface area contributed by atoms with Crippen LogP contribution in [0.3, 0.4) is 0 Å². The third-order valence-electron chi connectivity index (χ3n) is 3.52. The third-order valence-corrected chi connectivity index (χ3v) is 4.11. The number of halogens is 2. The summed E-state index contributed by atoms with van der Waals surface area (Å²) in [5.41, 5.74) is 1.38. The second kappa shape index (κ2) is 7.15. The number of aromatic nitrogens is 2. The van der Waals surface area contributed by atoms with Crippen LogP contribution in [0.1, 0.15) is 28.8 Å². The van der Waals surface area contributed by atoms with Crippen LogP contribution < -0.4 is 10.6 Å². The van der Waals surface area contributed by atoms with Gasteiger partial charge in [0, 0.05) is 35.0 Å². The maximum absolute atomic E-state index is 12.1. The fraction of sp³-hybridized carbons (Fsp3) is 0.312. The Morgan fingerprint density at radius 3 is 2.61 bits per heavy atom. The van der Waals surface area contributed by atoms with Gasteiger partial charge in [0.1, 0.15) is 0 Å². The van der Waals surface area contributed by atoms with Crippen molar-refractivity contribution in [2.24, 2.45) is 0 Å². The van der Waals surface area contributed by atoms with Crippen molar-refractivity contribution in [3.8, 4) is 0 Å². The Hall–Kier alpha value is -1.85. The molecule has 0 atom stereocenters. The summed E-state index contributed by atoms with van der Waals surface area (Å²) in [6, 6.07) is 5.82. The fourth-order valence-electron chi connectivity index (χ4n) is 2.07. The summed E-state index contributed by atoms with van der Waals surface area (Å²) in [5, 5.41) is 7.21. The molecule has 5 nitrogen and oxygen atoms in total. The number of anilines is 1. The number of carbonyl (C=O) groups is 1. The molecule has 2 N–H and O–H groups in total. The molecule has 7 heteroatoms. The molecule has 1 aromatic heterocycles. The average Bonchev–Trinajstić information content (AvgIpc) is 3.34. The molecule has 2 aromatic rings. The van der Waals surface area contributed by atoms with Crippen LogP contribution in [-0.4, -0.2) is 28.5 Å². The van der Waals surface area contributed by atoms with E-state index in [2.05, 4.69) is 20.6 Å². The van der Waals surface area contributed by atoms with Crippen LogP contribution in [0.25, 0.3) is 0 Å². The van der Waals surface area contributed by atoms with Crippen molar-refractivity contribution in [3.05, 3.63) is 51.8 Å². The molecule has 1 fully saturated rings. The van der Waals surface area contributed by atoms with E-state index in [-0.39, 0.29) is 5.91 Å². The van der Waals surface area contributed by atoms with Crippen molar-refractivity contribution in [1.82, 2.24) is 15.3 Å². The molecule has 0 spiro atoms. The lowest BCUT2D eigenvalue weighted by molar-refractivity contribution is 0.0953. The summed E-state index contributed by atoms with van der Waals surface area (Å²) in [6.07, 6.45) is 5.99. The highest BCUT2D eigenvalue weighted by Crippen LogP contribution is 2.22. The van der Waals surface area contributed by atoms with Gasteiger partial charge in [-0.1, -0.05) is 29.3 Å². The maximum atomic E-state index is 12.1. The van der Waals surface area contributed by atoms with E-state index in [0.717, 1.165) is 18.4 Å². The number of nitrogens with zero attached hydrogens (tertiary/aromatic N) is 2. The van der Waals surface area contributed by atoms with Crippen molar-refractivity contribution in [1.29, 1.82) is 0 Å². The van der Waals surface area contributed by atoms with Gasteiger partial charge in [-0.3, -0.25) is 4.79 Å². The Bertz CT molecular complexity index is 702. The van der Waals surface area contributed by atoms with E-state index in [1.807, 2.05) is 6.07 Å². The van der Waals surface area contributed by atoms with Gasteiger partial charge in [-0.05, 0) is 37.0 Å². The van der Waals surface area contributed by atoms with Crippen LogP contribution in [0.5, 0.6) is 0 Å². The van der Waals surface area contributed by atoms with Gasteiger partial charge in [0.15, 0.2) is 0 Å². The number of amides is 1. The largest absolute Gasteiger partial charge is 0.352 e. The smallest absolute Gasteiger partial charge is 0.254 e. The predicted molar refractivity (Wildman–Crippen MR) is 91.2 cm³/mol. The molecule has 120 valence electrons. The van der Waals surface area contributed by atoms with E-state index in [1.54, 1.807) is 12.1 Å². The molecule has 0 saturated heterocycles. The fourth-order valence-corrected chi connectivity index (χ4v) is 2.57. The molecule has 23 heavy (non-hydrogen) atoms. The van der Waals surface area contributed by atoms with Crippen LogP contribution in [0, 0.1) is 0 Å². The number of hydrogen-bond acceptors (Lipinski definition) is 4. The zero-order valence-corrected chi connectivity index (χ0v) is 13.9. The standard InChI is InChI=1S/C16H16Cl2N4O/c17-12-2-1-10(14(18)7-12)5-6-19-15(23)11-8-20-16(21-9-11)22-13-3-4-13/h1-2,7-9,13H,3-6H2,(H,19,23)(H,20,21,22). The lowest BCUT2D eigenvalue weighted by Gasteiger charge is -2.07. The zero-order valence-electron chi connectivity index (χ0n) is 12.4. The Morgan fingerprint density at radius 1 is 1.22 bits per heavy atom. The lowest BCUT2D eigenvalue weighted by Crippen LogP contribution is -2.26. The van der Waals surface area contributed by atoms with Crippen LogP contribution >= 0.6 is 23.2 Å². The molecule has 1 saturated carbocycles. The molecule has 1 aliphatic rings. The predicted octanol–water partition coefficient (Wildman–Crippen LogP) is 3.33. The Kier molecular flexibility index (Phi) is 4.98. The number of hydrogen-bond donors (Lipinski definition) is 2. The summed E-state index contributed by atoms with van der Waals surface area (Å²) < 4.78 is 0. The van der Waals surface area contributed by atoms with E-state index < -0.39 is 0 Å². The Morgan fingerprint density at radius 2 is 1.96 bits per heavy atom. The summed E-state index contributed by atoms with van der Waals surface area (Å²) in [5.74, 6) is 0.366. The number of rotatable bonds is 6. The van der Waals surface area contributed by atoms with E-state index >= 15 is 0 Å². The first kappa shape index (κ1) is 16.0. The summed E-state index contributed by atoms with van der Waals surface area (Å²) in [4.78, 5) is 20.4. The van der Waals surface area contributed by atoms with Crippen molar-refractivity contribution in [2.75, 3.05) is 11.9 Å². The van der Waals surface area contributed by atoms with Crippen LogP contribution in [-0.2, 0) is 6.42 Å². The lowest BCUT2D eigenvalue weighted by atomic mass is 10.1. The van der Waals surface area contributed by atoms with E-state index in [0.29, 0.717) is 40.6 Å². The minimum absolute atomic E-state index is 0.201. The molecule has 0 aliphatic heterocycles. The van der Waals surface area contributed by atoms with Crippen LogP contribution in [0.2, 0.25) is 10.0 Å². The molecule has 0 radical (unpaired) electrons. The number of carbonyl (C=O) groups excluding carboxylic acids is 1. The number of nitrogens with one attached hydrogen (secondary N) is 2. The molecular weight excluding hydrogens is 335 g/mol. The van der Waals surface area contributed by atoms with Gasteiger partial charge in [0.25, 0.3) is 5.91 Å². The van der Waals surface area contributed by atoms with E-state index in [9.17, 15) is 4.79 Å². The molecule has 1 heterocycles. The Labute approximate surface area is 144 Å². The van der Waals surface area contributed by atoms with Gasteiger partial charge < -0.3 is 10.6 Å². The normalized spacial score (nSPS) is 13.7. The van der Waals surface area contributed by atoms with Gasteiger partial charge in [-0.25, -0.2) is 9.97 Å². The minimum atomic E-state index is -0.201. The van der Waals surface area contributed by atoms with Crippen molar-refractivity contribution < 1.29 is 4.79 Å². The Balaban J connectivity index is 1.50. The second-order valence-electron chi connectivity index (χ2n) is 5.46. The second-order valence-corrected chi connectivity index (χ2v) is 6.30. The van der Waals surface area contributed by atoms with Crippen LogP contribution in [0.15, 0.2) is 30.6 Å². The van der Waals surface area contributed by atoms with Gasteiger partial charge in [-0.15, -0.1) is 0 Å². The van der Waals surface area contributed by atoms with Crippen molar-refractivity contribution in [3.63, 3.8) is 0 Å². The SMILES string of the molecule is O=C(NCCc1ccc(Cl)cc1Cl)c1cnc(NC2CC2)nc1. The first-order valence-electron chi connectivity index (χ1n) is 7.42. The quantitative estimate of drug-likeness (QED) is 0.838. The van der Waals surface area contributed by atoms with Crippen molar-refractivity contribution in [2.45, 2.75) is 25.3 Å². The average molecular weight is 351 g/mol. The molecule has 0 bridgehead atoms. The van der Waals surface area contributed by atoms with Crippen LogP contribution in [0.4, 0.5) is 5.95 Å². The summed E-state index contributed by atoms with van der Waals surface area (Å²) >= 11 is 12.0. The molecular formula is C16H16Cl2N4O. The molecule has 1 aliphatic carbocycles. The van der Waals surface area contributed by atoms with Gasteiger partial charge in [0.2, 0.25) is 5.95 Å². The highest BCUT2D eigenvalue weighted by Gasteiger charge is 2.21. The third kappa shape index (κ3) is 4.56. The molecule has 0 unspecified atom stereocenters. The van der Waals surface area contributed by atoms with Gasteiger partial charge >= 0.3 is 0 Å². The monoisotopic (exact) mass is 350 g/mol. The summed E-state index contributed by atoms with van der Waals surface area (Å²) in [6.45, 7) is 0.474. The topological polar surface area (TPSA) is 66.9 Å². The highest BCUT2D eigenvalue weighted by atomic mass is 35.5. The maximum Gasteiger partial charge on any atom is 0.254 e. The molecule has 1 amide bonds. The number of benzene rings is 1. The molecule has 3 rings (SSSR count). The van der Waals surface area contributed by atoms with E-state index in [4.69, 9.17) is 23.2 Å². The van der Waals surface area contributed by atoms with Gasteiger partial charge in [-0.2, -0.15) is 0 Å². The van der Waals surface area contributed by atoms with E-state index in [1.165, 1.54) is 12.4 Å². The summed E-state index contributed by atoms with van der Waals surface area (Å²) in [7, 11) is 0. The highest BCUT2D eigenvalue weighted by molar-refractivity contribution is 6.35. The van der Waals surface area contributed by atoms with Crippen molar-refractivity contribution >= 4 is 35.1 Å². The first-order valence-corrected chi connectivity index (χ1v) is 8.18. The minimum Gasteiger partial charge on any atom is -0.352 e. The van der Waals surface area contributed by atoms with Gasteiger partial charge in [0.05, 0.1) is 5.56 Å². The molecule has 1 aromatic carbocycles. The zero-order chi connectivity index (χ0) is 16.2. The first-order chi connectivity index (χ1) is 11.1.